The maximum atomic E-state index is 12.5. The maximum absolute atomic E-state index is 12.5. The van der Waals surface area contributed by atoms with E-state index >= 15 is 0 Å². The fraction of sp³-hybridized carbons (Fsp3) is 0.0526. The molecule has 0 spiro atoms. The van der Waals surface area contributed by atoms with Crippen LogP contribution in [0.4, 0.5) is 5.69 Å². The predicted molar refractivity (Wildman–Crippen MR) is 96.9 cm³/mol. The number of H-pyrrole nitrogens is 1. The van der Waals surface area contributed by atoms with E-state index in [2.05, 4.69) is 25.7 Å². The third-order valence-electron chi connectivity index (χ3n) is 3.83. The second-order valence-corrected chi connectivity index (χ2v) is 5.63. The number of pyridine rings is 1. The first-order chi connectivity index (χ1) is 12.8. The zero-order valence-electron chi connectivity index (χ0n) is 13.7. The molecule has 0 aliphatic carbocycles. The van der Waals surface area contributed by atoms with Gasteiger partial charge in [0.1, 0.15) is 23.4 Å². The number of anilines is 1. The molecule has 0 unspecified atom stereocenters. The molecule has 0 aliphatic heterocycles. The number of benzene rings is 2. The highest BCUT2D eigenvalue weighted by Crippen LogP contribution is 2.19. The minimum Gasteiger partial charge on any atom is -0.489 e. The van der Waals surface area contributed by atoms with Gasteiger partial charge in [-0.25, -0.2) is 0 Å². The molecule has 0 aliphatic rings. The summed E-state index contributed by atoms with van der Waals surface area (Å²) in [4.78, 5) is 16.5. The highest BCUT2D eigenvalue weighted by atomic mass is 16.5. The quantitative estimate of drug-likeness (QED) is 0.579. The Kier molecular flexibility index (Phi) is 4.26. The molecule has 0 radical (unpaired) electrons. The third kappa shape index (κ3) is 3.36. The summed E-state index contributed by atoms with van der Waals surface area (Å²) in [5, 5.41) is 13.4. The molecular formula is C19H15N5O2. The Hall–Kier alpha value is -3.74. The van der Waals surface area contributed by atoms with Crippen molar-refractivity contribution in [3.8, 4) is 5.75 Å². The Labute approximate surface area is 149 Å². The van der Waals surface area contributed by atoms with Gasteiger partial charge >= 0.3 is 0 Å². The van der Waals surface area contributed by atoms with Gasteiger partial charge < -0.3 is 10.1 Å². The van der Waals surface area contributed by atoms with Gasteiger partial charge in [0.05, 0.1) is 5.56 Å². The van der Waals surface area contributed by atoms with Crippen molar-refractivity contribution < 1.29 is 9.53 Å². The Morgan fingerprint density at radius 3 is 2.73 bits per heavy atom. The van der Waals surface area contributed by atoms with E-state index in [0.29, 0.717) is 34.6 Å². The Morgan fingerprint density at radius 2 is 1.92 bits per heavy atom. The van der Waals surface area contributed by atoms with Gasteiger partial charge in [0.25, 0.3) is 5.91 Å². The molecule has 0 saturated carbocycles. The molecule has 0 saturated heterocycles. The van der Waals surface area contributed by atoms with Gasteiger partial charge in [-0.2, -0.15) is 15.4 Å². The van der Waals surface area contributed by atoms with Gasteiger partial charge in [0.2, 0.25) is 0 Å². The number of fused-ring (bicyclic) bond motifs is 1. The van der Waals surface area contributed by atoms with Crippen molar-refractivity contribution in [2.24, 2.45) is 0 Å². The van der Waals surface area contributed by atoms with Crippen LogP contribution in [0.3, 0.4) is 0 Å². The van der Waals surface area contributed by atoms with E-state index in [1.165, 1.54) is 0 Å². The fourth-order valence-corrected chi connectivity index (χ4v) is 2.53. The SMILES string of the molecule is O=C(Nc1ccc(OCc2cccnc2)cc1)c1cccc2n[nH]nc12. The van der Waals surface area contributed by atoms with Crippen molar-refractivity contribution in [2.45, 2.75) is 6.61 Å². The molecule has 2 aromatic carbocycles. The lowest BCUT2D eigenvalue weighted by Crippen LogP contribution is -2.12. The number of para-hydroxylation sites is 1. The summed E-state index contributed by atoms with van der Waals surface area (Å²) in [6.07, 6.45) is 3.49. The minimum atomic E-state index is -0.242. The average molecular weight is 345 g/mol. The zero-order valence-corrected chi connectivity index (χ0v) is 13.7. The standard InChI is InChI=1S/C19H15N5O2/c25-19(16-4-1-5-17-18(16)23-24-22-17)21-14-6-8-15(9-7-14)26-12-13-3-2-10-20-11-13/h1-11H,12H2,(H,21,25)(H,22,23,24). The van der Waals surface area contributed by atoms with Crippen molar-refractivity contribution in [3.05, 3.63) is 78.1 Å². The summed E-state index contributed by atoms with van der Waals surface area (Å²) < 4.78 is 5.71. The van der Waals surface area contributed by atoms with Crippen LogP contribution >= 0.6 is 0 Å². The smallest absolute Gasteiger partial charge is 0.258 e. The fourth-order valence-electron chi connectivity index (χ4n) is 2.53. The number of ether oxygens (including phenoxy) is 1. The molecule has 4 rings (SSSR count). The van der Waals surface area contributed by atoms with E-state index < -0.39 is 0 Å². The van der Waals surface area contributed by atoms with Gasteiger partial charge in [-0.05, 0) is 42.5 Å². The van der Waals surface area contributed by atoms with Gasteiger partial charge in [0.15, 0.2) is 0 Å². The number of carbonyl (C=O) groups excluding carboxylic acids is 1. The van der Waals surface area contributed by atoms with Crippen LogP contribution in [-0.2, 0) is 6.61 Å². The molecule has 1 amide bonds. The van der Waals surface area contributed by atoms with Crippen molar-refractivity contribution in [1.29, 1.82) is 0 Å². The molecular weight excluding hydrogens is 330 g/mol. The number of hydrogen-bond donors (Lipinski definition) is 2. The van der Waals surface area contributed by atoms with Crippen molar-refractivity contribution >= 4 is 22.6 Å². The topological polar surface area (TPSA) is 92.8 Å². The highest BCUT2D eigenvalue weighted by molar-refractivity contribution is 6.11. The van der Waals surface area contributed by atoms with Gasteiger partial charge in [-0.15, -0.1) is 0 Å². The van der Waals surface area contributed by atoms with Crippen LogP contribution < -0.4 is 10.1 Å². The van der Waals surface area contributed by atoms with E-state index in [1.807, 2.05) is 24.3 Å². The zero-order chi connectivity index (χ0) is 17.8. The van der Waals surface area contributed by atoms with E-state index in [1.54, 1.807) is 42.7 Å². The Balaban J connectivity index is 1.42. The Morgan fingerprint density at radius 1 is 1.04 bits per heavy atom. The monoisotopic (exact) mass is 345 g/mol. The van der Waals surface area contributed by atoms with Crippen molar-refractivity contribution in [3.63, 3.8) is 0 Å². The van der Waals surface area contributed by atoms with Crippen molar-refractivity contribution in [1.82, 2.24) is 20.4 Å². The first-order valence-corrected chi connectivity index (χ1v) is 8.02. The molecule has 0 atom stereocenters. The minimum absolute atomic E-state index is 0.242. The van der Waals surface area contributed by atoms with Gasteiger partial charge in [0, 0.05) is 23.6 Å². The number of nitrogens with one attached hydrogen (secondary N) is 2. The summed E-state index contributed by atoms with van der Waals surface area (Å²) >= 11 is 0. The first kappa shape index (κ1) is 15.8. The number of aromatic nitrogens is 4. The molecule has 0 fully saturated rings. The molecule has 7 nitrogen and oxygen atoms in total. The lowest BCUT2D eigenvalue weighted by molar-refractivity contribution is 0.102. The van der Waals surface area contributed by atoms with E-state index in [-0.39, 0.29) is 5.91 Å². The number of aromatic amines is 1. The molecule has 2 N–H and O–H groups in total. The summed E-state index contributed by atoms with van der Waals surface area (Å²) in [5.74, 6) is 0.471. The van der Waals surface area contributed by atoms with Crippen LogP contribution in [0.25, 0.3) is 11.0 Å². The van der Waals surface area contributed by atoms with Crippen LogP contribution in [0.5, 0.6) is 5.75 Å². The third-order valence-corrected chi connectivity index (χ3v) is 3.83. The Bertz CT molecular complexity index is 1030. The second kappa shape index (κ2) is 7.02. The lowest BCUT2D eigenvalue weighted by Gasteiger charge is -2.08. The number of amides is 1. The van der Waals surface area contributed by atoms with E-state index in [0.717, 1.165) is 5.56 Å². The highest BCUT2D eigenvalue weighted by Gasteiger charge is 2.12. The van der Waals surface area contributed by atoms with E-state index in [9.17, 15) is 4.79 Å². The number of rotatable bonds is 5. The lowest BCUT2D eigenvalue weighted by atomic mass is 10.1. The molecule has 0 bridgehead atoms. The maximum Gasteiger partial charge on any atom is 0.258 e. The van der Waals surface area contributed by atoms with Crippen LogP contribution in [0.2, 0.25) is 0 Å². The molecule has 7 heteroatoms. The van der Waals surface area contributed by atoms with Crippen LogP contribution in [0.15, 0.2) is 67.0 Å². The molecule has 2 aromatic heterocycles. The summed E-state index contributed by atoms with van der Waals surface area (Å²) in [6, 6.07) is 16.3. The number of hydrogen-bond acceptors (Lipinski definition) is 5. The number of carbonyl (C=O) groups is 1. The summed E-state index contributed by atoms with van der Waals surface area (Å²) in [7, 11) is 0. The van der Waals surface area contributed by atoms with Crippen LogP contribution in [0.1, 0.15) is 15.9 Å². The normalized spacial score (nSPS) is 10.6. The molecule has 128 valence electrons. The summed E-state index contributed by atoms with van der Waals surface area (Å²) in [6.45, 7) is 0.438. The van der Waals surface area contributed by atoms with Gasteiger partial charge in [-0.1, -0.05) is 12.1 Å². The van der Waals surface area contributed by atoms with Gasteiger partial charge in [-0.3, -0.25) is 9.78 Å². The summed E-state index contributed by atoms with van der Waals surface area (Å²) in [5.41, 5.74) is 3.32. The average Bonchev–Trinajstić information content (AvgIpc) is 3.17. The molecule has 26 heavy (non-hydrogen) atoms. The number of nitrogens with zero attached hydrogens (tertiary/aromatic N) is 3. The van der Waals surface area contributed by atoms with Crippen LogP contribution in [0, 0.1) is 0 Å². The second-order valence-electron chi connectivity index (χ2n) is 5.63. The largest absolute Gasteiger partial charge is 0.489 e. The van der Waals surface area contributed by atoms with Crippen molar-refractivity contribution in [2.75, 3.05) is 5.32 Å². The first-order valence-electron chi connectivity index (χ1n) is 8.02. The molecule has 2 heterocycles. The van der Waals surface area contributed by atoms with Crippen LogP contribution in [-0.4, -0.2) is 26.3 Å². The predicted octanol–water partition coefficient (Wildman–Crippen LogP) is 3.18. The molecule has 4 aromatic rings. The van der Waals surface area contributed by atoms with E-state index in [4.69, 9.17) is 4.74 Å².